The number of nitrogens with zero attached hydrogens (tertiary/aromatic N) is 2. The normalized spacial score (nSPS) is 11.6. The second-order valence-electron chi connectivity index (χ2n) is 6.64. The Bertz CT molecular complexity index is 980. The van der Waals surface area contributed by atoms with E-state index in [-0.39, 0.29) is 37.1 Å². The highest BCUT2D eigenvalue weighted by molar-refractivity contribution is 7.10. The van der Waals surface area contributed by atoms with Gasteiger partial charge in [-0.15, -0.1) is 11.3 Å². The number of nitrogens with one attached hydrogen (secondary N) is 1. The van der Waals surface area contributed by atoms with Crippen LogP contribution in [-0.2, 0) is 4.79 Å². The highest BCUT2D eigenvalue weighted by Gasteiger charge is 2.21. The number of amides is 1. The van der Waals surface area contributed by atoms with Crippen LogP contribution >= 0.6 is 11.3 Å². The van der Waals surface area contributed by atoms with Crippen LogP contribution in [0.2, 0.25) is 0 Å². The van der Waals surface area contributed by atoms with Gasteiger partial charge in [0.25, 0.3) is 0 Å². The fraction of sp³-hybridized carbons (Fsp3) is 0.217. The van der Waals surface area contributed by atoms with Crippen molar-refractivity contribution in [1.82, 2.24) is 5.32 Å². The zero-order valence-electron chi connectivity index (χ0n) is 16.1. The zero-order chi connectivity index (χ0) is 20.6. The maximum atomic E-state index is 14.3. The summed E-state index contributed by atoms with van der Waals surface area (Å²) in [5, 5.41) is 14.2. The second-order valence-corrected chi connectivity index (χ2v) is 7.62. The third kappa shape index (κ3) is 5.29. The SMILES string of the molecule is Cc1ccc([C@H](NCC(=O)N(CCC#N)c2ccccc2F)c2cccs2)cc1. The van der Waals surface area contributed by atoms with E-state index in [0.717, 1.165) is 16.0 Å². The molecule has 29 heavy (non-hydrogen) atoms. The molecule has 0 saturated heterocycles. The number of benzene rings is 2. The molecule has 0 aliphatic carbocycles. The molecule has 4 nitrogen and oxygen atoms in total. The maximum Gasteiger partial charge on any atom is 0.241 e. The van der Waals surface area contributed by atoms with Gasteiger partial charge in [-0.3, -0.25) is 10.1 Å². The van der Waals surface area contributed by atoms with Gasteiger partial charge in [-0.05, 0) is 36.1 Å². The predicted octanol–water partition coefficient (Wildman–Crippen LogP) is 4.82. The number of hydrogen-bond acceptors (Lipinski definition) is 4. The molecule has 1 atom stereocenters. The van der Waals surface area contributed by atoms with Crippen LogP contribution in [0, 0.1) is 24.1 Å². The summed E-state index contributed by atoms with van der Waals surface area (Å²) in [5.41, 5.74) is 2.41. The lowest BCUT2D eigenvalue weighted by molar-refractivity contribution is -0.117. The van der Waals surface area contributed by atoms with Crippen LogP contribution in [0.25, 0.3) is 0 Å². The molecule has 1 aromatic heterocycles. The Hall–Kier alpha value is -3.01. The highest BCUT2D eigenvalue weighted by atomic mass is 32.1. The molecule has 2 aromatic carbocycles. The first-order valence-corrected chi connectivity index (χ1v) is 10.2. The lowest BCUT2D eigenvalue weighted by Crippen LogP contribution is -2.40. The number of halogens is 1. The summed E-state index contributed by atoms with van der Waals surface area (Å²) >= 11 is 1.61. The minimum Gasteiger partial charge on any atom is -0.308 e. The molecule has 1 heterocycles. The van der Waals surface area contributed by atoms with E-state index >= 15 is 0 Å². The maximum absolute atomic E-state index is 14.3. The quantitative estimate of drug-likeness (QED) is 0.582. The number of thiophene rings is 1. The molecular weight excluding hydrogens is 385 g/mol. The van der Waals surface area contributed by atoms with Gasteiger partial charge in [0, 0.05) is 11.4 Å². The van der Waals surface area contributed by atoms with Crippen LogP contribution in [-0.4, -0.2) is 19.0 Å². The van der Waals surface area contributed by atoms with Gasteiger partial charge in [0.1, 0.15) is 5.82 Å². The third-order valence-electron chi connectivity index (χ3n) is 4.59. The van der Waals surface area contributed by atoms with Crippen molar-refractivity contribution >= 4 is 22.9 Å². The van der Waals surface area contributed by atoms with Crippen molar-refractivity contribution in [2.24, 2.45) is 0 Å². The molecule has 0 fully saturated rings. The molecule has 0 radical (unpaired) electrons. The Kier molecular flexibility index (Phi) is 7.12. The summed E-state index contributed by atoms with van der Waals surface area (Å²) in [6, 6.07) is 20.2. The minimum absolute atomic E-state index is 0.0240. The first-order valence-electron chi connectivity index (χ1n) is 9.35. The van der Waals surface area contributed by atoms with Crippen molar-refractivity contribution in [2.75, 3.05) is 18.0 Å². The molecule has 0 aliphatic heterocycles. The van der Waals surface area contributed by atoms with Crippen LogP contribution in [0.3, 0.4) is 0 Å². The number of nitriles is 1. The van der Waals surface area contributed by atoms with Crippen molar-refractivity contribution in [3.05, 3.63) is 87.9 Å². The van der Waals surface area contributed by atoms with Gasteiger partial charge in [0.15, 0.2) is 0 Å². The van der Waals surface area contributed by atoms with Gasteiger partial charge < -0.3 is 4.90 Å². The van der Waals surface area contributed by atoms with Crippen molar-refractivity contribution in [1.29, 1.82) is 5.26 Å². The fourth-order valence-corrected chi connectivity index (χ4v) is 3.92. The Balaban J connectivity index is 1.80. The standard InChI is InChI=1S/C23H22FN3OS/c1-17-9-11-18(12-10-17)23(21-8-4-15-29-21)26-16-22(28)27(14-5-13-25)20-7-3-2-6-19(20)24/h2-4,6-12,15,23,26H,5,14,16H2,1H3/t23-/m0/s1. The number of carbonyl (C=O) groups is 1. The molecule has 1 amide bonds. The summed E-state index contributed by atoms with van der Waals surface area (Å²) in [6.07, 6.45) is 0.131. The summed E-state index contributed by atoms with van der Waals surface area (Å²) in [6.45, 7) is 2.20. The fourth-order valence-electron chi connectivity index (χ4n) is 3.09. The number of rotatable bonds is 8. The molecule has 0 bridgehead atoms. The number of anilines is 1. The topological polar surface area (TPSA) is 56.1 Å². The Morgan fingerprint density at radius 2 is 1.93 bits per heavy atom. The van der Waals surface area contributed by atoms with Gasteiger partial charge >= 0.3 is 0 Å². The average molecular weight is 408 g/mol. The summed E-state index contributed by atoms with van der Waals surface area (Å²) in [7, 11) is 0. The van der Waals surface area contributed by atoms with Gasteiger partial charge in [0.2, 0.25) is 5.91 Å². The van der Waals surface area contributed by atoms with Crippen molar-refractivity contribution in [3.8, 4) is 6.07 Å². The van der Waals surface area contributed by atoms with E-state index in [4.69, 9.17) is 5.26 Å². The largest absolute Gasteiger partial charge is 0.308 e. The van der Waals surface area contributed by atoms with Gasteiger partial charge in [-0.1, -0.05) is 48.0 Å². The molecule has 0 unspecified atom stereocenters. The lowest BCUT2D eigenvalue weighted by Gasteiger charge is -2.24. The van der Waals surface area contributed by atoms with Crippen LogP contribution in [0.5, 0.6) is 0 Å². The van der Waals surface area contributed by atoms with Crippen molar-refractivity contribution < 1.29 is 9.18 Å². The Morgan fingerprint density at radius 3 is 2.59 bits per heavy atom. The molecule has 0 saturated carbocycles. The summed E-state index contributed by atoms with van der Waals surface area (Å²) in [5.74, 6) is -0.758. The predicted molar refractivity (Wildman–Crippen MR) is 114 cm³/mol. The molecular formula is C23H22FN3OS. The molecule has 3 rings (SSSR count). The molecule has 148 valence electrons. The smallest absolute Gasteiger partial charge is 0.241 e. The van der Waals surface area contributed by atoms with Gasteiger partial charge in [-0.2, -0.15) is 5.26 Å². The van der Waals surface area contributed by atoms with E-state index in [1.165, 1.54) is 11.0 Å². The first kappa shape index (κ1) is 20.7. The van der Waals surface area contributed by atoms with Crippen LogP contribution in [0.4, 0.5) is 10.1 Å². The Morgan fingerprint density at radius 1 is 1.17 bits per heavy atom. The summed E-state index contributed by atoms with van der Waals surface area (Å²) in [4.78, 5) is 15.4. The molecule has 3 aromatic rings. The molecule has 0 aliphatic rings. The highest BCUT2D eigenvalue weighted by Crippen LogP contribution is 2.26. The number of hydrogen-bond donors (Lipinski definition) is 1. The lowest BCUT2D eigenvalue weighted by atomic mass is 10.0. The monoisotopic (exact) mass is 407 g/mol. The zero-order valence-corrected chi connectivity index (χ0v) is 17.0. The van der Waals surface area contributed by atoms with Crippen LogP contribution in [0.1, 0.15) is 28.5 Å². The number of carbonyl (C=O) groups excluding carboxylic acids is 1. The average Bonchev–Trinajstić information content (AvgIpc) is 3.25. The Labute approximate surface area is 174 Å². The number of aryl methyl sites for hydroxylation is 1. The van der Waals surface area contributed by atoms with Crippen molar-refractivity contribution in [2.45, 2.75) is 19.4 Å². The molecule has 0 spiro atoms. The van der Waals surface area contributed by atoms with E-state index in [1.807, 2.05) is 54.8 Å². The molecule has 1 N–H and O–H groups in total. The van der Waals surface area contributed by atoms with E-state index < -0.39 is 5.82 Å². The van der Waals surface area contributed by atoms with E-state index in [0.29, 0.717) is 0 Å². The van der Waals surface area contributed by atoms with Gasteiger partial charge in [0.05, 0.1) is 30.8 Å². The van der Waals surface area contributed by atoms with Crippen LogP contribution in [0.15, 0.2) is 66.0 Å². The summed E-state index contributed by atoms with van der Waals surface area (Å²) < 4.78 is 14.3. The molecule has 6 heteroatoms. The first-order chi connectivity index (χ1) is 14.1. The van der Waals surface area contributed by atoms with E-state index in [1.54, 1.807) is 29.5 Å². The third-order valence-corrected chi connectivity index (χ3v) is 5.52. The van der Waals surface area contributed by atoms with E-state index in [2.05, 4.69) is 5.32 Å². The van der Waals surface area contributed by atoms with E-state index in [9.17, 15) is 9.18 Å². The van der Waals surface area contributed by atoms with Crippen LogP contribution < -0.4 is 10.2 Å². The second kappa shape index (κ2) is 9.97. The van der Waals surface area contributed by atoms with Gasteiger partial charge in [-0.25, -0.2) is 4.39 Å². The van der Waals surface area contributed by atoms with Crippen molar-refractivity contribution in [3.63, 3.8) is 0 Å². The number of para-hydroxylation sites is 1. The minimum atomic E-state index is -0.480.